The molecule has 0 atom stereocenters. The first-order valence-electron chi connectivity index (χ1n) is 9.40. The summed E-state index contributed by atoms with van der Waals surface area (Å²) in [5.41, 5.74) is 0.781. The van der Waals surface area contributed by atoms with Crippen molar-refractivity contribution in [2.24, 2.45) is 0 Å². The largest absolute Gasteiger partial charge is 0.490 e. The van der Waals surface area contributed by atoms with Gasteiger partial charge in [0.15, 0.2) is 17.3 Å². The third-order valence-electron chi connectivity index (χ3n) is 4.03. The molecule has 1 aromatic heterocycles. The normalized spacial score (nSPS) is 10.8. The highest BCUT2D eigenvalue weighted by Gasteiger charge is 2.15. The lowest BCUT2D eigenvalue weighted by Crippen LogP contribution is -2.13. The van der Waals surface area contributed by atoms with E-state index in [4.69, 9.17) is 14.0 Å². The summed E-state index contributed by atoms with van der Waals surface area (Å²) in [6.45, 7) is 3.81. The summed E-state index contributed by atoms with van der Waals surface area (Å²) in [5, 5.41) is 15.6. The number of aromatic nitrogens is 1. The second-order valence-corrected chi connectivity index (χ2v) is 6.34. The molecule has 0 bridgehead atoms. The molecular formula is C23H19N3O5. The van der Waals surface area contributed by atoms with E-state index in [0.717, 1.165) is 0 Å². The minimum absolute atomic E-state index is 0.142. The summed E-state index contributed by atoms with van der Waals surface area (Å²) in [6.07, 6.45) is 1.40. The van der Waals surface area contributed by atoms with Crippen molar-refractivity contribution >= 4 is 23.8 Å². The highest BCUT2D eigenvalue weighted by molar-refractivity contribution is 6.09. The molecule has 8 heteroatoms. The molecule has 0 saturated heterocycles. The van der Waals surface area contributed by atoms with Crippen LogP contribution >= 0.6 is 0 Å². The average Bonchev–Trinajstić information content (AvgIpc) is 3.18. The van der Waals surface area contributed by atoms with Crippen LogP contribution in [-0.4, -0.2) is 23.6 Å². The molecule has 1 N–H and O–H groups in total. The number of hydrogen-bond acceptors (Lipinski definition) is 7. The molecule has 0 saturated carbocycles. The number of esters is 1. The summed E-state index contributed by atoms with van der Waals surface area (Å²) < 4.78 is 15.9. The van der Waals surface area contributed by atoms with Crippen molar-refractivity contribution in [1.29, 1.82) is 5.26 Å². The van der Waals surface area contributed by atoms with E-state index in [0.29, 0.717) is 29.2 Å². The summed E-state index contributed by atoms with van der Waals surface area (Å²) in [5.74, 6) is 0.124. The number of nitrogens with zero attached hydrogens (tertiary/aromatic N) is 2. The van der Waals surface area contributed by atoms with E-state index in [2.05, 4.69) is 10.5 Å². The highest BCUT2D eigenvalue weighted by atomic mass is 16.6. The monoisotopic (exact) mass is 417 g/mol. The molecule has 0 aliphatic rings. The predicted molar refractivity (Wildman–Crippen MR) is 112 cm³/mol. The number of carbonyl (C=O) groups is 2. The van der Waals surface area contributed by atoms with Crippen molar-refractivity contribution in [1.82, 2.24) is 5.16 Å². The van der Waals surface area contributed by atoms with Gasteiger partial charge in [0, 0.05) is 6.07 Å². The number of carbonyl (C=O) groups excluding carboxylic acids is 2. The first-order valence-corrected chi connectivity index (χ1v) is 9.40. The van der Waals surface area contributed by atoms with Gasteiger partial charge < -0.3 is 19.3 Å². The lowest BCUT2D eigenvalue weighted by Gasteiger charge is -2.11. The molecule has 3 rings (SSSR count). The molecule has 0 fully saturated rings. The Balaban J connectivity index is 1.82. The Morgan fingerprint density at radius 2 is 1.94 bits per heavy atom. The van der Waals surface area contributed by atoms with Gasteiger partial charge in [0.25, 0.3) is 5.91 Å². The molecule has 0 aliphatic carbocycles. The molecule has 0 radical (unpaired) electrons. The molecular weight excluding hydrogens is 398 g/mol. The topological polar surface area (TPSA) is 114 Å². The van der Waals surface area contributed by atoms with Crippen molar-refractivity contribution in [3.05, 3.63) is 77.1 Å². The SMILES string of the molecule is CCOc1cc(/C=C(/C#N)C(=O)Nc2cc(C)on2)ccc1OC(=O)c1ccccc1. The molecule has 0 aliphatic heterocycles. The third kappa shape index (κ3) is 5.58. The summed E-state index contributed by atoms with van der Waals surface area (Å²) in [4.78, 5) is 24.7. The number of benzene rings is 2. The number of nitrogens with one attached hydrogen (secondary N) is 1. The van der Waals surface area contributed by atoms with Crippen molar-refractivity contribution in [3.63, 3.8) is 0 Å². The Morgan fingerprint density at radius 1 is 1.16 bits per heavy atom. The fourth-order valence-corrected chi connectivity index (χ4v) is 2.62. The minimum atomic E-state index is -0.631. The van der Waals surface area contributed by atoms with Crippen LogP contribution in [0.15, 0.2) is 64.7 Å². The van der Waals surface area contributed by atoms with Crippen LogP contribution in [0.2, 0.25) is 0 Å². The van der Waals surface area contributed by atoms with Gasteiger partial charge in [-0.1, -0.05) is 29.4 Å². The van der Waals surface area contributed by atoms with E-state index in [1.807, 2.05) is 6.07 Å². The van der Waals surface area contributed by atoms with Gasteiger partial charge in [-0.05, 0) is 49.8 Å². The van der Waals surface area contributed by atoms with Crippen molar-refractivity contribution in [2.45, 2.75) is 13.8 Å². The van der Waals surface area contributed by atoms with Crippen LogP contribution in [0.1, 0.15) is 28.6 Å². The molecule has 1 amide bonds. The number of anilines is 1. The van der Waals surface area contributed by atoms with E-state index in [9.17, 15) is 14.9 Å². The zero-order valence-corrected chi connectivity index (χ0v) is 16.9. The maximum atomic E-state index is 12.4. The smallest absolute Gasteiger partial charge is 0.343 e. The highest BCUT2D eigenvalue weighted by Crippen LogP contribution is 2.30. The Morgan fingerprint density at radius 3 is 2.58 bits per heavy atom. The number of aryl methyl sites for hydroxylation is 1. The second-order valence-electron chi connectivity index (χ2n) is 6.34. The second kappa shape index (κ2) is 9.89. The van der Waals surface area contributed by atoms with E-state index in [1.165, 1.54) is 12.1 Å². The van der Waals surface area contributed by atoms with Crippen LogP contribution in [0.5, 0.6) is 11.5 Å². The predicted octanol–water partition coefficient (Wildman–Crippen LogP) is 4.15. The maximum Gasteiger partial charge on any atom is 0.343 e. The first-order chi connectivity index (χ1) is 15.0. The van der Waals surface area contributed by atoms with Crippen LogP contribution in [0.3, 0.4) is 0 Å². The third-order valence-corrected chi connectivity index (χ3v) is 4.03. The number of amides is 1. The molecule has 3 aromatic rings. The van der Waals surface area contributed by atoms with Crippen molar-refractivity contribution in [3.8, 4) is 17.6 Å². The quantitative estimate of drug-likeness (QED) is 0.266. The average molecular weight is 417 g/mol. The Hall–Kier alpha value is -4.38. The minimum Gasteiger partial charge on any atom is -0.490 e. The lowest BCUT2D eigenvalue weighted by atomic mass is 10.1. The molecule has 156 valence electrons. The molecule has 31 heavy (non-hydrogen) atoms. The van der Waals surface area contributed by atoms with Gasteiger partial charge in [-0.3, -0.25) is 4.79 Å². The van der Waals surface area contributed by atoms with Crippen LogP contribution in [0, 0.1) is 18.3 Å². The van der Waals surface area contributed by atoms with Crippen molar-refractivity contribution in [2.75, 3.05) is 11.9 Å². The maximum absolute atomic E-state index is 12.4. The molecule has 0 spiro atoms. The van der Waals surface area contributed by atoms with E-state index >= 15 is 0 Å². The lowest BCUT2D eigenvalue weighted by molar-refractivity contribution is -0.112. The van der Waals surface area contributed by atoms with Crippen LogP contribution < -0.4 is 14.8 Å². The van der Waals surface area contributed by atoms with Crippen LogP contribution in [-0.2, 0) is 4.79 Å². The molecule has 8 nitrogen and oxygen atoms in total. The molecule has 2 aromatic carbocycles. The molecule has 0 unspecified atom stereocenters. The van der Waals surface area contributed by atoms with Crippen LogP contribution in [0.4, 0.5) is 5.82 Å². The summed E-state index contributed by atoms with van der Waals surface area (Å²) >= 11 is 0. The van der Waals surface area contributed by atoms with Gasteiger partial charge in [-0.25, -0.2) is 4.79 Å². The zero-order valence-electron chi connectivity index (χ0n) is 16.9. The zero-order chi connectivity index (χ0) is 22.2. The van der Waals surface area contributed by atoms with Gasteiger partial charge in [0.05, 0.1) is 12.2 Å². The van der Waals surface area contributed by atoms with E-state index < -0.39 is 11.9 Å². The van der Waals surface area contributed by atoms with Gasteiger partial charge in [0.2, 0.25) is 0 Å². The molecule has 1 heterocycles. The van der Waals surface area contributed by atoms with Gasteiger partial charge in [-0.15, -0.1) is 0 Å². The number of hydrogen-bond donors (Lipinski definition) is 1. The van der Waals surface area contributed by atoms with Gasteiger partial charge in [-0.2, -0.15) is 5.26 Å². The van der Waals surface area contributed by atoms with Crippen LogP contribution in [0.25, 0.3) is 6.08 Å². The van der Waals surface area contributed by atoms with Gasteiger partial charge in [0.1, 0.15) is 17.4 Å². The van der Waals surface area contributed by atoms with E-state index in [1.54, 1.807) is 62.4 Å². The first kappa shape index (κ1) is 21.3. The summed E-state index contributed by atoms with van der Waals surface area (Å²) in [7, 11) is 0. The Labute approximate surface area is 178 Å². The Kier molecular flexibility index (Phi) is 6.81. The Bertz CT molecular complexity index is 1160. The number of ether oxygens (including phenoxy) is 2. The number of rotatable bonds is 7. The van der Waals surface area contributed by atoms with E-state index in [-0.39, 0.29) is 17.1 Å². The standard InChI is InChI=1S/C23H19N3O5/c1-3-29-20-13-16(9-10-19(20)30-23(28)17-7-5-4-6-8-17)12-18(14-24)22(27)25-21-11-15(2)31-26-21/h4-13H,3H2,1-2H3,(H,25,26,27)/b18-12-. The van der Waals surface area contributed by atoms with Gasteiger partial charge >= 0.3 is 5.97 Å². The fraction of sp³-hybridized carbons (Fsp3) is 0.130. The summed E-state index contributed by atoms with van der Waals surface area (Å²) in [6, 6.07) is 16.7. The fourth-order valence-electron chi connectivity index (χ4n) is 2.62. The van der Waals surface area contributed by atoms with Crippen molar-refractivity contribution < 1.29 is 23.6 Å². The number of nitriles is 1.